The Morgan fingerprint density at radius 3 is 1.08 bits per heavy atom. The highest BCUT2D eigenvalue weighted by Crippen LogP contribution is 2.42. The molecule has 0 N–H and O–H groups in total. The normalized spacial score (nSPS) is 14.0. The van der Waals surface area contributed by atoms with Gasteiger partial charge in [0.1, 0.15) is 0 Å². The molecule has 0 saturated heterocycles. The Hall–Kier alpha value is -5.73. The van der Waals surface area contributed by atoms with E-state index in [4.69, 9.17) is 0 Å². The second kappa shape index (κ2) is 13.9. The molecule has 0 bridgehead atoms. The Morgan fingerprint density at radius 2 is 0.710 bits per heavy atom. The van der Waals surface area contributed by atoms with Gasteiger partial charge >= 0.3 is 0 Å². The van der Waals surface area contributed by atoms with Crippen LogP contribution in [0.2, 0.25) is 0 Å². The molecule has 308 valence electrons. The minimum absolute atomic E-state index is 0.00976. The van der Waals surface area contributed by atoms with Crippen LogP contribution in [0.1, 0.15) is 105 Å². The number of rotatable bonds is 3. The standard InChI is InChI=1S/C58H60B2N2/c1-55(2,3)37-23-27-50-44(31-37)45-32-38(56(4,5)6)24-28-51(45)61(50)43-35-48-54-49(36-43)60(42-21-17-14-18-22-42)47-34-40(58(10,11)12)26-30-53(47)62(54)52-29-25-39(57(7,8)9)33-46(52)59(48)41-19-15-13-16-20-41/h13-36H,1-12H3. The quantitative estimate of drug-likeness (QED) is 0.162. The zero-order chi connectivity index (χ0) is 43.7. The van der Waals surface area contributed by atoms with E-state index in [0.29, 0.717) is 0 Å². The second-order valence-corrected chi connectivity index (χ2v) is 22.3. The van der Waals surface area contributed by atoms with E-state index in [0.717, 1.165) is 0 Å². The maximum atomic E-state index is 2.63. The first-order valence-corrected chi connectivity index (χ1v) is 22.8. The number of fused-ring (bicyclic) bond motifs is 7. The first-order chi connectivity index (χ1) is 29.3. The van der Waals surface area contributed by atoms with E-state index in [9.17, 15) is 0 Å². The van der Waals surface area contributed by atoms with Gasteiger partial charge in [-0.15, -0.1) is 0 Å². The van der Waals surface area contributed by atoms with E-state index in [1.165, 1.54) is 99.6 Å². The van der Waals surface area contributed by atoms with Crippen molar-refractivity contribution in [2.75, 3.05) is 4.90 Å². The van der Waals surface area contributed by atoms with Gasteiger partial charge in [-0.3, -0.25) is 0 Å². The molecule has 0 radical (unpaired) electrons. The highest BCUT2D eigenvalue weighted by atomic mass is 15.2. The minimum atomic E-state index is -0.00976. The summed E-state index contributed by atoms with van der Waals surface area (Å²) in [6.45, 7) is 28.0. The summed E-state index contributed by atoms with van der Waals surface area (Å²) in [6.07, 6.45) is 0. The summed E-state index contributed by atoms with van der Waals surface area (Å²) in [5, 5.41) is 2.62. The van der Waals surface area contributed by atoms with Crippen LogP contribution in [-0.4, -0.2) is 18.0 Å². The molecule has 4 heteroatoms. The molecule has 0 fully saturated rings. The SMILES string of the molecule is CC(C)(C)c1ccc2c(c1)B(c1ccccc1)c1cc(-n3c4ccc(C(C)(C)C)cc4c4cc(C(C)(C)C)ccc43)cc3c1N2c1ccc(C(C)(C)C)cc1B3c1ccccc1. The molecule has 2 nitrogen and oxygen atoms in total. The Morgan fingerprint density at radius 1 is 0.355 bits per heavy atom. The van der Waals surface area contributed by atoms with Gasteiger partial charge in [0.2, 0.25) is 13.4 Å². The van der Waals surface area contributed by atoms with E-state index < -0.39 is 0 Å². The van der Waals surface area contributed by atoms with Gasteiger partial charge in [0, 0.05) is 33.5 Å². The van der Waals surface area contributed by atoms with Crippen LogP contribution >= 0.6 is 0 Å². The highest BCUT2D eigenvalue weighted by Gasteiger charge is 2.44. The zero-order valence-electron chi connectivity index (χ0n) is 38.9. The minimum Gasteiger partial charge on any atom is -0.313 e. The molecule has 0 aliphatic carbocycles. The fourth-order valence-corrected chi connectivity index (χ4v) is 10.4. The van der Waals surface area contributed by atoms with Gasteiger partial charge in [-0.05, 0) is 114 Å². The van der Waals surface area contributed by atoms with Crippen LogP contribution in [0.25, 0.3) is 27.5 Å². The van der Waals surface area contributed by atoms with Crippen LogP contribution < -0.4 is 37.7 Å². The van der Waals surface area contributed by atoms with Crippen molar-refractivity contribution in [1.29, 1.82) is 0 Å². The molecular weight excluding hydrogens is 746 g/mol. The Kier molecular flexibility index (Phi) is 9.04. The van der Waals surface area contributed by atoms with Gasteiger partial charge in [-0.1, -0.05) is 191 Å². The van der Waals surface area contributed by atoms with E-state index in [1.807, 2.05) is 0 Å². The van der Waals surface area contributed by atoms with Gasteiger partial charge in [-0.25, -0.2) is 0 Å². The van der Waals surface area contributed by atoms with Crippen LogP contribution in [0.5, 0.6) is 0 Å². The van der Waals surface area contributed by atoms with Crippen molar-refractivity contribution >= 4 is 85.1 Å². The monoisotopic (exact) mass is 806 g/mol. The maximum absolute atomic E-state index is 2.63. The highest BCUT2D eigenvalue weighted by molar-refractivity contribution is 7.02. The molecular formula is C58H60B2N2. The lowest BCUT2D eigenvalue weighted by molar-refractivity contribution is 0.590. The maximum Gasteiger partial charge on any atom is 0.246 e. The summed E-state index contributed by atoms with van der Waals surface area (Å²) in [5.74, 6) is 0. The summed E-state index contributed by atoms with van der Waals surface area (Å²) in [5.41, 5.74) is 21.0. The molecule has 7 aromatic carbocycles. The molecule has 2 aliphatic rings. The molecule has 10 rings (SSSR count). The topological polar surface area (TPSA) is 8.17 Å². The Labute approximate surface area is 371 Å². The molecule has 0 amide bonds. The molecule has 0 unspecified atom stereocenters. The number of nitrogens with zero attached hydrogens (tertiary/aromatic N) is 2. The van der Waals surface area contributed by atoms with E-state index >= 15 is 0 Å². The number of aromatic nitrogens is 1. The Balaban J connectivity index is 1.37. The van der Waals surface area contributed by atoms with E-state index in [1.54, 1.807) is 0 Å². The van der Waals surface area contributed by atoms with Crippen molar-refractivity contribution in [1.82, 2.24) is 4.57 Å². The second-order valence-electron chi connectivity index (χ2n) is 22.3. The van der Waals surface area contributed by atoms with Crippen molar-refractivity contribution in [2.24, 2.45) is 0 Å². The van der Waals surface area contributed by atoms with Crippen LogP contribution in [0.3, 0.4) is 0 Å². The third kappa shape index (κ3) is 6.47. The average molecular weight is 807 g/mol. The summed E-state index contributed by atoms with van der Waals surface area (Å²) in [4.78, 5) is 2.63. The lowest BCUT2D eigenvalue weighted by atomic mass is 9.30. The van der Waals surface area contributed by atoms with E-state index in [2.05, 4.69) is 238 Å². The van der Waals surface area contributed by atoms with Crippen LogP contribution in [0.15, 0.2) is 146 Å². The van der Waals surface area contributed by atoms with Crippen molar-refractivity contribution in [3.63, 3.8) is 0 Å². The molecule has 2 aliphatic heterocycles. The van der Waals surface area contributed by atoms with Gasteiger partial charge in [0.15, 0.2) is 0 Å². The number of benzene rings is 7. The molecule has 0 spiro atoms. The van der Waals surface area contributed by atoms with Gasteiger partial charge in [0.25, 0.3) is 0 Å². The number of hydrogen-bond donors (Lipinski definition) is 0. The van der Waals surface area contributed by atoms with E-state index in [-0.39, 0.29) is 35.1 Å². The largest absolute Gasteiger partial charge is 0.313 e. The fraction of sp³-hybridized carbons (Fsp3) is 0.276. The first-order valence-electron chi connectivity index (χ1n) is 22.8. The third-order valence-corrected chi connectivity index (χ3v) is 13.9. The third-order valence-electron chi connectivity index (χ3n) is 13.9. The summed E-state index contributed by atoms with van der Waals surface area (Å²) in [7, 11) is 0. The van der Waals surface area contributed by atoms with Crippen molar-refractivity contribution < 1.29 is 0 Å². The first kappa shape index (κ1) is 40.3. The molecule has 8 aromatic rings. The van der Waals surface area contributed by atoms with Crippen LogP contribution in [-0.2, 0) is 21.7 Å². The van der Waals surface area contributed by atoms with Crippen molar-refractivity contribution in [3.8, 4) is 5.69 Å². The molecule has 0 saturated carbocycles. The Bertz CT molecular complexity index is 2850. The summed E-state index contributed by atoms with van der Waals surface area (Å²) in [6, 6.07) is 56.8. The van der Waals surface area contributed by atoms with Crippen LogP contribution in [0, 0.1) is 0 Å². The van der Waals surface area contributed by atoms with Crippen molar-refractivity contribution in [2.45, 2.75) is 105 Å². The van der Waals surface area contributed by atoms with Gasteiger partial charge in [-0.2, -0.15) is 0 Å². The average Bonchev–Trinajstić information content (AvgIpc) is 3.55. The van der Waals surface area contributed by atoms with Crippen LogP contribution in [0.4, 0.5) is 17.1 Å². The van der Waals surface area contributed by atoms with Gasteiger partial charge in [0.05, 0.1) is 11.0 Å². The summed E-state index contributed by atoms with van der Waals surface area (Å²) < 4.78 is 2.58. The molecule has 62 heavy (non-hydrogen) atoms. The zero-order valence-corrected chi connectivity index (χ0v) is 38.9. The number of hydrogen-bond acceptors (Lipinski definition) is 1. The fourth-order valence-electron chi connectivity index (χ4n) is 10.4. The lowest BCUT2D eigenvalue weighted by Gasteiger charge is -2.45. The predicted octanol–water partition coefficient (Wildman–Crippen LogP) is 11.1. The molecule has 1 aromatic heterocycles. The van der Waals surface area contributed by atoms with Crippen molar-refractivity contribution in [3.05, 3.63) is 168 Å². The van der Waals surface area contributed by atoms with Gasteiger partial charge < -0.3 is 9.47 Å². The molecule has 3 heterocycles. The molecule has 0 atom stereocenters. The summed E-state index contributed by atoms with van der Waals surface area (Å²) >= 11 is 0. The number of anilines is 3. The lowest BCUT2D eigenvalue weighted by Crippen LogP contribution is -2.65. The smallest absolute Gasteiger partial charge is 0.246 e. The predicted molar refractivity (Wildman–Crippen MR) is 272 cm³/mol.